The van der Waals surface area contributed by atoms with Crippen molar-refractivity contribution in [1.82, 2.24) is 9.62 Å². The molecule has 1 heterocycles. The fraction of sp³-hybridized carbons (Fsp3) is 0.619. The lowest BCUT2D eigenvalue weighted by atomic mass is 9.92. The van der Waals surface area contributed by atoms with E-state index in [1.807, 2.05) is 32.0 Å². The Balaban J connectivity index is 2.05. The second-order valence-corrected chi connectivity index (χ2v) is 10.6. The van der Waals surface area contributed by atoms with Crippen molar-refractivity contribution in [1.29, 1.82) is 0 Å². The summed E-state index contributed by atoms with van der Waals surface area (Å²) in [5.74, 6) is -0.787. The van der Waals surface area contributed by atoms with Crippen molar-refractivity contribution in [3.8, 4) is 0 Å². The number of sulfonamides is 1. The third-order valence-corrected chi connectivity index (χ3v) is 8.07. The van der Waals surface area contributed by atoms with Gasteiger partial charge in [-0.3, -0.25) is 14.5 Å². The first-order valence-electron chi connectivity index (χ1n) is 10.3. The average Bonchev–Trinajstić information content (AvgIpc) is 3.17. The predicted molar refractivity (Wildman–Crippen MR) is 113 cm³/mol. The Hall–Kier alpha value is -1.93. The zero-order valence-electron chi connectivity index (χ0n) is 17.7. The minimum atomic E-state index is -3.60. The van der Waals surface area contributed by atoms with Gasteiger partial charge < -0.3 is 5.32 Å². The number of piperazine rings is 1. The van der Waals surface area contributed by atoms with E-state index in [1.165, 1.54) is 4.90 Å². The minimum Gasteiger partial charge on any atom is -0.351 e. The molecule has 1 saturated carbocycles. The van der Waals surface area contributed by atoms with Gasteiger partial charge >= 0.3 is 0 Å². The predicted octanol–water partition coefficient (Wildman–Crippen LogP) is 2.12. The molecule has 1 aliphatic carbocycles. The van der Waals surface area contributed by atoms with E-state index in [1.54, 1.807) is 13.8 Å². The smallest absolute Gasteiger partial charge is 0.247 e. The molecule has 1 N–H and O–H groups in total. The van der Waals surface area contributed by atoms with Crippen LogP contribution in [0.5, 0.6) is 0 Å². The van der Waals surface area contributed by atoms with Crippen LogP contribution in [0.25, 0.3) is 0 Å². The number of hydrogen-bond acceptors (Lipinski definition) is 4. The van der Waals surface area contributed by atoms with Crippen LogP contribution in [0.3, 0.4) is 0 Å². The van der Waals surface area contributed by atoms with E-state index in [0.29, 0.717) is 5.69 Å². The fourth-order valence-corrected chi connectivity index (χ4v) is 5.43. The molecule has 3 rings (SSSR count). The molecule has 29 heavy (non-hydrogen) atoms. The molecule has 2 aliphatic rings. The van der Waals surface area contributed by atoms with Crippen LogP contribution in [0.1, 0.15) is 50.7 Å². The number of hydrogen-bond donors (Lipinski definition) is 1. The van der Waals surface area contributed by atoms with Gasteiger partial charge in [-0.15, -0.1) is 0 Å². The van der Waals surface area contributed by atoms with Crippen LogP contribution >= 0.6 is 0 Å². The minimum absolute atomic E-state index is 0.0547. The van der Waals surface area contributed by atoms with E-state index in [0.717, 1.165) is 41.1 Å². The van der Waals surface area contributed by atoms with Crippen molar-refractivity contribution in [2.45, 2.75) is 65.0 Å². The molecule has 1 aliphatic heterocycles. The molecule has 0 bridgehead atoms. The molecule has 1 saturated heterocycles. The van der Waals surface area contributed by atoms with Crippen molar-refractivity contribution in [2.24, 2.45) is 0 Å². The summed E-state index contributed by atoms with van der Waals surface area (Å²) in [4.78, 5) is 28.2. The van der Waals surface area contributed by atoms with Gasteiger partial charge in [0, 0.05) is 18.3 Å². The lowest BCUT2D eigenvalue weighted by Gasteiger charge is -2.47. The van der Waals surface area contributed by atoms with Crippen molar-refractivity contribution >= 4 is 27.5 Å². The molecule has 2 fully saturated rings. The van der Waals surface area contributed by atoms with Crippen LogP contribution in [-0.4, -0.2) is 55.0 Å². The number of nitrogens with zero attached hydrogens (tertiary/aromatic N) is 2. The van der Waals surface area contributed by atoms with Gasteiger partial charge in [-0.2, -0.15) is 4.31 Å². The highest BCUT2D eigenvalue weighted by molar-refractivity contribution is 7.89. The zero-order valence-corrected chi connectivity index (χ0v) is 18.5. The molecule has 0 radical (unpaired) electrons. The summed E-state index contributed by atoms with van der Waals surface area (Å²) in [5, 5.41) is 3.08. The number of aryl methyl sites for hydroxylation is 1. The van der Waals surface area contributed by atoms with E-state index < -0.39 is 15.6 Å². The lowest BCUT2D eigenvalue weighted by molar-refractivity contribution is -0.133. The molecule has 1 atom stereocenters. The molecule has 7 nitrogen and oxygen atoms in total. The van der Waals surface area contributed by atoms with Crippen molar-refractivity contribution in [2.75, 3.05) is 23.7 Å². The van der Waals surface area contributed by atoms with Crippen LogP contribution < -0.4 is 10.2 Å². The average molecular weight is 422 g/mol. The molecule has 8 heteroatoms. The topological polar surface area (TPSA) is 86.8 Å². The van der Waals surface area contributed by atoms with Gasteiger partial charge in [-0.25, -0.2) is 8.42 Å². The molecule has 1 unspecified atom stereocenters. The summed E-state index contributed by atoms with van der Waals surface area (Å²) in [6, 6.07) is 5.71. The van der Waals surface area contributed by atoms with Gasteiger partial charge in [0.15, 0.2) is 0 Å². The molecule has 160 valence electrons. The lowest BCUT2D eigenvalue weighted by Crippen LogP contribution is -2.71. The second-order valence-electron chi connectivity index (χ2n) is 8.35. The maximum absolute atomic E-state index is 13.4. The largest absolute Gasteiger partial charge is 0.351 e. The number of carbonyl (C=O) groups excluding carboxylic acids is 2. The Morgan fingerprint density at radius 2 is 1.90 bits per heavy atom. The molecular weight excluding hydrogens is 390 g/mol. The quantitative estimate of drug-likeness (QED) is 0.789. The van der Waals surface area contributed by atoms with E-state index in [-0.39, 0.29) is 36.7 Å². The van der Waals surface area contributed by atoms with E-state index in [4.69, 9.17) is 0 Å². The highest BCUT2D eigenvalue weighted by Crippen LogP contribution is 2.34. The summed E-state index contributed by atoms with van der Waals surface area (Å²) in [6.45, 7) is 6.79. The third-order valence-electron chi connectivity index (χ3n) is 6.29. The van der Waals surface area contributed by atoms with E-state index in [2.05, 4.69) is 5.32 Å². The van der Waals surface area contributed by atoms with Crippen molar-refractivity contribution in [3.63, 3.8) is 0 Å². The van der Waals surface area contributed by atoms with Gasteiger partial charge in [0.05, 0.1) is 12.3 Å². The van der Waals surface area contributed by atoms with Gasteiger partial charge in [-0.1, -0.05) is 25.0 Å². The van der Waals surface area contributed by atoms with Crippen LogP contribution in [0.4, 0.5) is 5.69 Å². The Kier molecular flexibility index (Phi) is 6.06. The fourth-order valence-electron chi connectivity index (χ4n) is 4.31. The number of anilines is 1. The molecule has 0 aromatic heterocycles. The molecule has 2 amide bonds. The normalized spacial score (nSPS) is 24.1. The molecule has 0 spiro atoms. The molecular formula is C21H31N3O4S. The Morgan fingerprint density at radius 1 is 1.24 bits per heavy atom. The Bertz CT molecular complexity index is 909. The highest BCUT2D eigenvalue weighted by Gasteiger charge is 2.51. The maximum Gasteiger partial charge on any atom is 0.247 e. The summed E-state index contributed by atoms with van der Waals surface area (Å²) in [7, 11) is -3.60. The zero-order chi connectivity index (χ0) is 21.4. The van der Waals surface area contributed by atoms with Crippen LogP contribution in [0, 0.1) is 13.8 Å². The Labute approximate surface area is 173 Å². The monoisotopic (exact) mass is 421 g/mol. The molecule has 1 aromatic carbocycles. The number of amides is 2. The number of rotatable bonds is 5. The van der Waals surface area contributed by atoms with E-state index in [9.17, 15) is 18.0 Å². The number of carbonyl (C=O) groups is 2. The SMILES string of the molecule is CCS(=O)(=O)N1CC(=O)N(c2cccc(C)c2C)C(C)(C(=O)NC2CCCC2)C1. The van der Waals surface area contributed by atoms with Crippen molar-refractivity contribution in [3.05, 3.63) is 29.3 Å². The van der Waals surface area contributed by atoms with Gasteiger partial charge in [0.1, 0.15) is 5.54 Å². The number of benzene rings is 1. The maximum atomic E-state index is 13.4. The standard InChI is InChI=1S/C21H31N3O4S/c1-5-29(27,28)23-13-19(25)24(18-12-8-9-15(2)16(18)3)21(4,14-23)20(26)22-17-10-6-7-11-17/h8-9,12,17H,5-7,10-11,13-14H2,1-4H3,(H,22,26). The molecule has 1 aromatic rings. The van der Waals surface area contributed by atoms with Crippen LogP contribution in [0.2, 0.25) is 0 Å². The highest BCUT2D eigenvalue weighted by atomic mass is 32.2. The summed E-state index contributed by atoms with van der Waals surface area (Å²) in [5.41, 5.74) is 1.26. The summed E-state index contributed by atoms with van der Waals surface area (Å²) in [6.07, 6.45) is 3.96. The van der Waals surface area contributed by atoms with Crippen LogP contribution in [-0.2, 0) is 19.6 Å². The van der Waals surface area contributed by atoms with Crippen LogP contribution in [0.15, 0.2) is 18.2 Å². The first-order valence-corrected chi connectivity index (χ1v) is 11.9. The first-order chi connectivity index (χ1) is 13.6. The van der Waals surface area contributed by atoms with Gasteiger partial charge in [-0.05, 0) is 57.7 Å². The first kappa shape index (κ1) is 21.8. The Morgan fingerprint density at radius 3 is 2.52 bits per heavy atom. The number of nitrogens with one attached hydrogen (secondary N) is 1. The summed E-state index contributed by atoms with van der Waals surface area (Å²) >= 11 is 0. The second kappa shape index (κ2) is 8.07. The van der Waals surface area contributed by atoms with Crippen molar-refractivity contribution < 1.29 is 18.0 Å². The third kappa shape index (κ3) is 4.05. The van der Waals surface area contributed by atoms with Gasteiger partial charge in [0.25, 0.3) is 0 Å². The van der Waals surface area contributed by atoms with E-state index >= 15 is 0 Å². The van der Waals surface area contributed by atoms with Gasteiger partial charge in [0.2, 0.25) is 21.8 Å². The summed E-state index contributed by atoms with van der Waals surface area (Å²) < 4.78 is 26.2.